The fraction of sp³-hybridized carbons (Fsp3) is 0.462. The molecule has 1 aromatic rings. The molecule has 0 radical (unpaired) electrons. The zero-order valence-corrected chi connectivity index (χ0v) is 12.3. The molecule has 1 rings (SSSR count). The number of esters is 1. The van der Waals surface area contributed by atoms with E-state index in [1.54, 1.807) is 13.8 Å². The molecular weight excluding hydrogens is 259 g/mol. The highest BCUT2D eigenvalue weighted by Gasteiger charge is 1.81. The van der Waals surface area contributed by atoms with E-state index < -0.39 is 0 Å². The number of ether oxygens (including phenoxy) is 1. The quantitative estimate of drug-likeness (QED) is 0.563. The number of hydrogen-bond acceptors (Lipinski definition) is 2. The fourth-order valence-electron chi connectivity index (χ4n) is 0.738. The zero-order valence-electron chi connectivity index (χ0n) is 10.7. The summed E-state index contributed by atoms with van der Waals surface area (Å²) in [5.74, 6) is -0.211. The summed E-state index contributed by atoms with van der Waals surface area (Å²) < 4.78 is 4.40. The molecule has 0 heterocycles. The van der Waals surface area contributed by atoms with E-state index in [1.165, 1.54) is 12.5 Å². The number of carbonyl (C=O) groups is 1. The lowest BCUT2D eigenvalue weighted by atomic mass is 10.2. The smallest absolute Gasteiger partial charge is 0.302 e. The Kier molecular flexibility index (Phi) is 14.6. The Morgan fingerprint density at radius 3 is 1.82 bits per heavy atom. The third-order valence-electron chi connectivity index (χ3n) is 1.29. The molecule has 98 valence electrons. The van der Waals surface area contributed by atoms with Gasteiger partial charge in [-0.05, 0) is 20.8 Å². The van der Waals surface area contributed by atoms with Crippen LogP contribution in [0.2, 0.25) is 0 Å². The predicted octanol–water partition coefficient (Wildman–Crippen LogP) is 4.37. The number of alkyl halides is 2. The molecule has 0 saturated carbocycles. The van der Waals surface area contributed by atoms with Crippen molar-refractivity contribution in [3.8, 4) is 0 Å². The van der Waals surface area contributed by atoms with Gasteiger partial charge in [0.1, 0.15) is 4.84 Å². The number of rotatable bonds is 1. The largest absolute Gasteiger partial charge is 0.466 e. The van der Waals surface area contributed by atoms with Crippen LogP contribution in [0.3, 0.4) is 0 Å². The van der Waals surface area contributed by atoms with E-state index in [2.05, 4.69) is 23.8 Å². The molecule has 17 heavy (non-hydrogen) atoms. The Labute approximate surface area is 114 Å². The van der Waals surface area contributed by atoms with Gasteiger partial charge in [0.25, 0.3) is 0 Å². The summed E-state index contributed by atoms with van der Waals surface area (Å²) in [5.41, 5.74) is 1.32. The van der Waals surface area contributed by atoms with Crippen molar-refractivity contribution < 1.29 is 9.53 Å². The van der Waals surface area contributed by atoms with Crippen LogP contribution < -0.4 is 0 Å². The van der Waals surface area contributed by atoms with E-state index >= 15 is 0 Å². The van der Waals surface area contributed by atoms with Gasteiger partial charge in [0.2, 0.25) is 0 Å². The Hall–Kier alpha value is -0.730. The van der Waals surface area contributed by atoms with E-state index in [0.717, 1.165) is 0 Å². The second kappa shape index (κ2) is 13.3. The van der Waals surface area contributed by atoms with Crippen LogP contribution in [-0.2, 0) is 9.53 Å². The van der Waals surface area contributed by atoms with Crippen molar-refractivity contribution in [3.63, 3.8) is 0 Å². The van der Waals surface area contributed by atoms with Crippen molar-refractivity contribution in [2.45, 2.75) is 32.5 Å². The maximum absolute atomic E-state index is 9.82. The summed E-state index contributed by atoms with van der Waals surface area (Å²) in [4.78, 5) is 9.60. The minimum atomic E-state index is -0.222. The van der Waals surface area contributed by atoms with Crippen LogP contribution in [0, 0.1) is 6.92 Å². The molecule has 1 aromatic carbocycles. The monoisotopic (exact) mass is 278 g/mol. The van der Waals surface area contributed by atoms with E-state index in [4.69, 9.17) is 23.2 Å². The molecule has 0 aromatic heterocycles. The molecule has 0 atom stereocenters. The van der Waals surface area contributed by atoms with Crippen molar-refractivity contribution in [1.82, 2.24) is 0 Å². The van der Waals surface area contributed by atoms with Gasteiger partial charge in [0, 0.05) is 6.92 Å². The molecular formula is C13H20Cl2O2. The van der Waals surface area contributed by atoms with Crippen molar-refractivity contribution in [1.29, 1.82) is 0 Å². The average molecular weight is 279 g/mol. The lowest BCUT2D eigenvalue weighted by Gasteiger charge is -1.89. The SMILES string of the molecule is CC(Cl)Cl.CCOC(C)=O.Cc1ccccc1. The average Bonchev–Trinajstić information content (AvgIpc) is 2.18. The second-order valence-corrected chi connectivity index (χ2v) is 4.63. The maximum Gasteiger partial charge on any atom is 0.302 e. The lowest BCUT2D eigenvalue weighted by Crippen LogP contribution is -1.95. The highest BCUT2D eigenvalue weighted by molar-refractivity contribution is 6.43. The summed E-state index contributed by atoms with van der Waals surface area (Å²) in [6, 6.07) is 10.3. The Bertz CT molecular complexity index is 271. The molecule has 0 spiro atoms. The minimum absolute atomic E-state index is 0.211. The lowest BCUT2D eigenvalue weighted by molar-refractivity contribution is -0.140. The van der Waals surface area contributed by atoms with Crippen LogP contribution >= 0.6 is 23.2 Å². The number of benzene rings is 1. The van der Waals surface area contributed by atoms with Gasteiger partial charge < -0.3 is 4.74 Å². The zero-order chi connectivity index (χ0) is 13.7. The summed E-state index contributed by atoms with van der Waals surface area (Å²) in [6.07, 6.45) is 0. The van der Waals surface area contributed by atoms with Gasteiger partial charge in [-0.1, -0.05) is 35.9 Å². The topological polar surface area (TPSA) is 26.3 Å². The molecule has 0 aliphatic rings. The van der Waals surface area contributed by atoms with Crippen molar-refractivity contribution in [2.75, 3.05) is 6.61 Å². The highest BCUT2D eigenvalue weighted by Crippen LogP contribution is 1.95. The maximum atomic E-state index is 9.82. The summed E-state index contributed by atoms with van der Waals surface area (Å²) in [7, 11) is 0. The normalized spacial score (nSPS) is 8.41. The van der Waals surface area contributed by atoms with E-state index in [1.807, 2.05) is 18.2 Å². The molecule has 0 saturated heterocycles. The molecule has 0 N–H and O–H groups in total. The van der Waals surface area contributed by atoms with Crippen LogP contribution in [0.1, 0.15) is 26.3 Å². The molecule has 0 aliphatic heterocycles. The standard InChI is InChI=1S/C7H8.C4H8O2.C2H4Cl2/c1-7-5-3-2-4-6-7;1-3-6-4(2)5;1-2(3)4/h2-6H,1H3;3H2,1-2H3;2H,1H3. The third-order valence-corrected chi connectivity index (χ3v) is 1.29. The van der Waals surface area contributed by atoms with Crippen LogP contribution in [0.15, 0.2) is 30.3 Å². The van der Waals surface area contributed by atoms with Crippen LogP contribution in [0.4, 0.5) is 0 Å². The summed E-state index contributed by atoms with van der Waals surface area (Å²) in [6.45, 7) is 7.43. The van der Waals surface area contributed by atoms with Crippen LogP contribution in [0.5, 0.6) is 0 Å². The Balaban J connectivity index is 0. The van der Waals surface area contributed by atoms with Gasteiger partial charge in [-0.25, -0.2) is 0 Å². The van der Waals surface area contributed by atoms with Crippen molar-refractivity contribution in [2.24, 2.45) is 0 Å². The molecule has 0 bridgehead atoms. The van der Waals surface area contributed by atoms with E-state index in [0.29, 0.717) is 6.61 Å². The molecule has 0 fully saturated rings. The molecule has 0 amide bonds. The van der Waals surface area contributed by atoms with Gasteiger partial charge in [-0.2, -0.15) is 0 Å². The number of aryl methyl sites for hydroxylation is 1. The van der Waals surface area contributed by atoms with E-state index in [9.17, 15) is 4.79 Å². The minimum Gasteiger partial charge on any atom is -0.466 e. The molecule has 4 heteroatoms. The molecule has 0 unspecified atom stereocenters. The third kappa shape index (κ3) is 25.5. The summed E-state index contributed by atoms with van der Waals surface area (Å²) in [5, 5.41) is 0. The van der Waals surface area contributed by atoms with Gasteiger partial charge in [-0.15, -0.1) is 23.2 Å². The van der Waals surface area contributed by atoms with E-state index in [-0.39, 0.29) is 10.8 Å². The van der Waals surface area contributed by atoms with Gasteiger partial charge >= 0.3 is 5.97 Å². The van der Waals surface area contributed by atoms with Crippen LogP contribution in [0.25, 0.3) is 0 Å². The predicted molar refractivity (Wildman–Crippen MR) is 74.7 cm³/mol. The second-order valence-electron chi connectivity index (χ2n) is 3.10. The van der Waals surface area contributed by atoms with Gasteiger partial charge in [-0.3, -0.25) is 4.79 Å². The van der Waals surface area contributed by atoms with Crippen molar-refractivity contribution in [3.05, 3.63) is 35.9 Å². The van der Waals surface area contributed by atoms with Gasteiger partial charge in [0.05, 0.1) is 6.61 Å². The first-order valence-corrected chi connectivity index (χ1v) is 6.20. The number of halogens is 2. The fourth-order valence-corrected chi connectivity index (χ4v) is 0.738. The van der Waals surface area contributed by atoms with Crippen molar-refractivity contribution >= 4 is 29.2 Å². The molecule has 0 aliphatic carbocycles. The Morgan fingerprint density at radius 2 is 1.71 bits per heavy atom. The highest BCUT2D eigenvalue weighted by atomic mass is 35.5. The Morgan fingerprint density at radius 1 is 1.29 bits per heavy atom. The van der Waals surface area contributed by atoms with Crippen LogP contribution in [-0.4, -0.2) is 17.4 Å². The molecule has 2 nitrogen and oxygen atoms in total. The number of hydrogen-bond donors (Lipinski definition) is 0. The summed E-state index contributed by atoms with van der Waals surface area (Å²) >= 11 is 10.1. The van der Waals surface area contributed by atoms with Gasteiger partial charge in [0.15, 0.2) is 0 Å². The first kappa shape index (κ1) is 18.6. The first-order valence-electron chi connectivity index (χ1n) is 5.33. The number of carbonyl (C=O) groups excluding carboxylic acids is 1. The first-order chi connectivity index (χ1) is 7.90.